The second-order valence-electron chi connectivity index (χ2n) is 1.15. The first-order chi connectivity index (χ1) is 3.31. The summed E-state index contributed by atoms with van der Waals surface area (Å²) in [4.78, 5) is 0. The molecule has 0 rings (SSSR count). The van der Waals surface area contributed by atoms with E-state index >= 15 is 0 Å². The number of hydrogen-bond acceptors (Lipinski definition) is 0. The van der Waals surface area contributed by atoms with Gasteiger partial charge in [-0.3, -0.25) is 0 Å². The summed E-state index contributed by atoms with van der Waals surface area (Å²) < 4.78 is 0. The zero-order chi connectivity index (χ0) is 5.70. The van der Waals surface area contributed by atoms with Gasteiger partial charge in [0.05, 0.1) is 0 Å². The van der Waals surface area contributed by atoms with Crippen LogP contribution in [0.25, 0.3) is 0 Å². The highest BCUT2D eigenvalue weighted by atomic mass is 35.5. The first-order valence-corrected chi connectivity index (χ1v) is 7.14. The number of hydrogen-bond donors (Lipinski definition) is 0. The molecule has 0 fully saturated rings. The minimum absolute atomic E-state index is 0.413. The number of halogens is 1. The van der Waals surface area contributed by atoms with Crippen LogP contribution in [0.2, 0.25) is 0 Å². The standard InChI is InChI=1S/C3H6ClSi3/c1-2-3(4)6-7-5/h3H,2H2,1H3. The van der Waals surface area contributed by atoms with Crippen LogP contribution >= 0.6 is 11.6 Å². The van der Waals surface area contributed by atoms with Gasteiger partial charge >= 0.3 is 0 Å². The molecule has 7 radical (unpaired) electrons. The molecule has 0 aromatic carbocycles. The zero-order valence-electron chi connectivity index (χ0n) is 4.16. The largest absolute Gasteiger partial charge is 0.127 e. The van der Waals surface area contributed by atoms with Crippen LogP contribution in [0.4, 0.5) is 0 Å². The normalized spacial score (nSPS) is 14.1. The van der Waals surface area contributed by atoms with E-state index in [4.69, 9.17) is 11.6 Å². The van der Waals surface area contributed by atoms with E-state index in [-0.39, 0.29) is 0 Å². The van der Waals surface area contributed by atoms with E-state index in [1.807, 2.05) is 0 Å². The van der Waals surface area contributed by atoms with Crippen LogP contribution in [0.1, 0.15) is 13.3 Å². The van der Waals surface area contributed by atoms with Gasteiger partial charge in [-0.1, -0.05) is 6.92 Å². The number of alkyl halides is 1. The lowest BCUT2D eigenvalue weighted by Crippen LogP contribution is -2.15. The molecule has 37 valence electrons. The lowest BCUT2D eigenvalue weighted by Gasteiger charge is -1.98. The van der Waals surface area contributed by atoms with Crippen LogP contribution < -0.4 is 0 Å². The molecule has 0 nitrogen and oxygen atoms in total. The van der Waals surface area contributed by atoms with Crippen molar-refractivity contribution in [3.8, 4) is 0 Å². The maximum Gasteiger partial charge on any atom is 0.0426 e. The fourth-order valence-corrected chi connectivity index (χ4v) is 4.51. The van der Waals surface area contributed by atoms with Crippen LogP contribution in [-0.4, -0.2) is 32.4 Å². The Bertz CT molecular complexity index is 41.2. The lowest BCUT2D eigenvalue weighted by atomic mass is 10.6. The van der Waals surface area contributed by atoms with Gasteiger partial charge in [0, 0.05) is 32.4 Å². The highest BCUT2D eigenvalue weighted by molar-refractivity contribution is 7.25. The fourth-order valence-electron chi connectivity index (χ4n) is 0.180. The summed E-state index contributed by atoms with van der Waals surface area (Å²) in [5.74, 6) is 0. The minimum Gasteiger partial charge on any atom is -0.127 e. The van der Waals surface area contributed by atoms with E-state index in [1.54, 1.807) is 0 Å². The average molecular weight is 162 g/mol. The quantitative estimate of drug-likeness (QED) is 0.415. The summed E-state index contributed by atoms with van der Waals surface area (Å²) in [6.45, 7) is 2.11. The topological polar surface area (TPSA) is 0 Å². The van der Waals surface area contributed by atoms with Gasteiger partial charge in [-0.15, -0.1) is 11.6 Å². The van der Waals surface area contributed by atoms with Crippen molar-refractivity contribution in [2.45, 2.75) is 18.3 Å². The van der Waals surface area contributed by atoms with Crippen molar-refractivity contribution in [2.75, 3.05) is 0 Å². The van der Waals surface area contributed by atoms with E-state index in [0.29, 0.717) is 5.00 Å². The van der Waals surface area contributed by atoms with E-state index in [9.17, 15) is 0 Å². The van der Waals surface area contributed by atoms with Gasteiger partial charge in [0.25, 0.3) is 0 Å². The number of rotatable bonds is 3. The van der Waals surface area contributed by atoms with Crippen LogP contribution in [0, 0.1) is 0 Å². The Labute approximate surface area is 57.7 Å². The van der Waals surface area contributed by atoms with Crippen molar-refractivity contribution in [1.82, 2.24) is 0 Å². The summed E-state index contributed by atoms with van der Waals surface area (Å²) in [5, 5.41) is 0.413. The molecular formula is C3H6ClSi3. The maximum absolute atomic E-state index is 5.75. The van der Waals surface area contributed by atoms with Crippen LogP contribution in [-0.2, 0) is 0 Å². The Morgan fingerprint density at radius 1 is 1.86 bits per heavy atom. The Morgan fingerprint density at radius 2 is 2.43 bits per heavy atom. The van der Waals surface area contributed by atoms with Crippen molar-refractivity contribution in [1.29, 1.82) is 0 Å². The molecule has 0 aliphatic heterocycles. The first-order valence-electron chi connectivity index (χ1n) is 2.12. The van der Waals surface area contributed by atoms with E-state index < -0.39 is 0 Å². The van der Waals surface area contributed by atoms with Gasteiger partial charge in [-0.2, -0.15) is 0 Å². The molecule has 4 heteroatoms. The third-order valence-corrected chi connectivity index (χ3v) is 5.42. The molecule has 7 heavy (non-hydrogen) atoms. The van der Waals surface area contributed by atoms with Gasteiger partial charge < -0.3 is 0 Å². The molecule has 0 saturated carbocycles. The first kappa shape index (κ1) is 7.94. The highest BCUT2D eigenvalue weighted by Crippen LogP contribution is 1.95. The molecule has 0 amide bonds. The zero-order valence-corrected chi connectivity index (χ0v) is 7.92. The van der Waals surface area contributed by atoms with Crippen LogP contribution in [0.3, 0.4) is 0 Å². The molecule has 0 aliphatic rings. The van der Waals surface area contributed by atoms with Gasteiger partial charge in [-0.05, 0) is 6.42 Å². The van der Waals surface area contributed by atoms with Crippen molar-refractivity contribution in [3.63, 3.8) is 0 Å². The minimum atomic E-state index is 0.413. The van der Waals surface area contributed by atoms with Gasteiger partial charge in [0.15, 0.2) is 0 Å². The van der Waals surface area contributed by atoms with Crippen LogP contribution in [0.5, 0.6) is 0 Å². The molecule has 0 aromatic rings. The van der Waals surface area contributed by atoms with E-state index in [0.717, 1.165) is 24.0 Å². The van der Waals surface area contributed by atoms with Gasteiger partial charge in [-0.25, -0.2) is 0 Å². The second kappa shape index (κ2) is 5.08. The predicted octanol–water partition coefficient (Wildman–Crippen LogP) is 0.368. The molecule has 0 spiro atoms. The molecule has 0 bridgehead atoms. The smallest absolute Gasteiger partial charge is 0.0426 e. The third-order valence-electron chi connectivity index (χ3n) is 0.587. The van der Waals surface area contributed by atoms with Crippen molar-refractivity contribution in [2.24, 2.45) is 0 Å². The van der Waals surface area contributed by atoms with Crippen molar-refractivity contribution < 1.29 is 0 Å². The Kier molecular flexibility index (Phi) is 5.77. The lowest BCUT2D eigenvalue weighted by molar-refractivity contribution is 1.03. The SMILES string of the molecule is CCC(Cl)[Si][Si][Si]. The molecule has 0 saturated heterocycles. The Morgan fingerprint density at radius 3 is 2.57 bits per heavy atom. The second-order valence-corrected chi connectivity index (χ2v) is 7.14. The molecule has 1 unspecified atom stereocenters. The summed E-state index contributed by atoms with van der Waals surface area (Å²) in [6.07, 6.45) is 1.09. The summed E-state index contributed by atoms with van der Waals surface area (Å²) in [7, 11) is 5.13. The Balaban J connectivity index is 2.83. The van der Waals surface area contributed by atoms with Crippen molar-refractivity contribution >= 4 is 39.0 Å². The fraction of sp³-hybridized carbons (Fsp3) is 1.00. The molecule has 0 aliphatic carbocycles. The average Bonchev–Trinajstić information content (AvgIpc) is 1.68. The van der Waals surface area contributed by atoms with E-state index in [1.165, 1.54) is 0 Å². The van der Waals surface area contributed by atoms with Gasteiger partial charge in [0.1, 0.15) is 0 Å². The third kappa shape index (κ3) is 4.80. The Hall–Kier alpha value is 0.941. The van der Waals surface area contributed by atoms with E-state index in [2.05, 4.69) is 16.7 Å². The summed E-state index contributed by atoms with van der Waals surface area (Å²) >= 11 is 5.75. The molecule has 0 aromatic heterocycles. The maximum atomic E-state index is 5.75. The van der Waals surface area contributed by atoms with Gasteiger partial charge in [0.2, 0.25) is 0 Å². The summed E-state index contributed by atoms with van der Waals surface area (Å²) in [5.41, 5.74) is 0. The monoisotopic (exact) mass is 161 g/mol. The molecular weight excluding hydrogens is 156 g/mol. The van der Waals surface area contributed by atoms with Crippen molar-refractivity contribution in [3.05, 3.63) is 0 Å². The molecule has 1 atom stereocenters. The van der Waals surface area contributed by atoms with Crippen LogP contribution in [0.15, 0.2) is 0 Å². The molecule has 0 heterocycles. The highest BCUT2D eigenvalue weighted by Gasteiger charge is 1.97. The summed E-state index contributed by atoms with van der Waals surface area (Å²) in [6, 6.07) is 0. The molecule has 0 N–H and O–H groups in total. The predicted molar refractivity (Wildman–Crippen MR) is 37.2 cm³/mol.